The lowest BCUT2D eigenvalue weighted by Gasteiger charge is -2.13. The van der Waals surface area contributed by atoms with E-state index in [1.165, 1.54) is 0 Å². The number of methoxy groups -OCH3 is 1. The van der Waals surface area contributed by atoms with E-state index in [4.69, 9.17) is 4.74 Å². The summed E-state index contributed by atoms with van der Waals surface area (Å²) in [5.41, 5.74) is 1.93. The number of hydrogen-bond donors (Lipinski definition) is 2. The van der Waals surface area contributed by atoms with Crippen molar-refractivity contribution in [3.05, 3.63) is 66.4 Å². The zero-order chi connectivity index (χ0) is 19.8. The van der Waals surface area contributed by atoms with Crippen molar-refractivity contribution in [1.29, 1.82) is 0 Å². The van der Waals surface area contributed by atoms with E-state index in [-0.39, 0.29) is 5.91 Å². The summed E-state index contributed by atoms with van der Waals surface area (Å²) in [4.78, 5) is 21.6. The summed E-state index contributed by atoms with van der Waals surface area (Å²) < 4.78 is 5.39. The lowest BCUT2D eigenvalue weighted by atomic mass is 10.2. The third kappa shape index (κ3) is 4.85. The minimum Gasteiger partial charge on any atom is -0.495 e. The van der Waals surface area contributed by atoms with Crippen LogP contribution in [0.25, 0.3) is 11.4 Å². The second-order valence-electron chi connectivity index (χ2n) is 6.26. The number of carbonyl (C=O) groups excluding carboxylic acids is 1. The number of ether oxygens (including phenoxy) is 1. The van der Waals surface area contributed by atoms with Gasteiger partial charge in [0.1, 0.15) is 17.3 Å². The summed E-state index contributed by atoms with van der Waals surface area (Å²) in [6.07, 6.45) is 1.94. The third-order valence-electron chi connectivity index (χ3n) is 4.18. The molecular weight excluding hydrogens is 352 g/mol. The smallest absolute Gasteiger partial charge is 0.270 e. The largest absolute Gasteiger partial charge is 0.495 e. The Morgan fingerprint density at radius 1 is 1.04 bits per heavy atom. The number of carbonyl (C=O) groups is 1. The molecule has 6 heteroatoms. The fourth-order valence-corrected chi connectivity index (χ4v) is 2.70. The van der Waals surface area contributed by atoms with Crippen LogP contribution >= 0.6 is 0 Å². The average molecular weight is 376 g/mol. The number of rotatable bonds is 8. The molecule has 3 aromatic rings. The standard InChI is InChI=1S/C22H24N4O2/c1-3-4-14-23-22(27)18-15-20(24-17-12-8-9-13-19(17)28-2)26-21(25-18)16-10-6-5-7-11-16/h5-13,15H,3-4,14H2,1-2H3,(H,23,27)(H,24,25,26). The summed E-state index contributed by atoms with van der Waals surface area (Å²) in [7, 11) is 1.61. The highest BCUT2D eigenvalue weighted by Crippen LogP contribution is 2.27. The Hall–Kier alpha value is -3.41. The number of hydrogen-bond acceptors (Lipinski definition) is 5. The molecule has 0 bridgehead atoms. The molecule has 28 heavy (non-hydrogen) atoms. The molecule has 1 aromatic heterocycles. The number of benzene rings is 2. The molecule has 144 valence electrons. The van der Waals surface area contributed by atoms with Crippen molar-refractivity contribution in [2.75, 3.05) is 19.0 Å². The minimum atomic E-state index is -0.212. The molecule has 0 unspecified atom stereocenters. The molecule has 0 radical (unpaired) electrons. The molecule has 3 rings (SSSR count). The maximum absolute atomic E-state index is 12.6. The van der Waals surface area contributed by atoms with Crippen molar-refractivity contribution in [2.24, 2.45) is 0 Å². The Kier molecular flexibility index (Phi) is 6.57. The Labute approximate surface area is 165 Å². The van der Waals surface area contributed by atoms with Crippen molar-refractivity contribution in [2.45, 2.75) is 19.8 Å². The maximum atomic E-state index is 12.6. The second kappa shape index (κ2) is 9.50. The van der Waals surface area contributed by atoms with Gasteiger partial charge in [-0.25, -0.2) is 9.97 Å². The van der Waals surface area contributed by atoms with Gasteiger partial charge in [0, 0.05) is 18.2 Å². The molecule has 0 spiro atoms. The molecule has 1 amide bonds. The quantitative estimate of drug-likeness (QED) is 0.569. The van der Waals surface area contributed by atoms with E-state index in [1.807, 2.05) is 54.6 Å². The predicted molar refractivity (Wildman–Crippen MR) is 111 cm³/mol. The Balaban J connectivity index is 1.96. The SMILES string of the molecule is CCCCNC(=O)c1cc(Nc2ccccc2OC)nc(-c2ccccc2)n1. The normalized spacial score (nSPS) is 10.4. The fourth-order valence-electron chi connectivity index (χ4n) is 2.70. The molecule has 2 aromatic carbocycles. The van der Waals surface area contributed by atoms with Gasteiger partial charge in [0.25, 0.3) is 5.91 Å². The number of para-hydroxylation sites is 2. The average Bonchev–Trinajstić information content (AvgIpc) is 2.74. The minimum absolute atomic E-state index is 0.212. The Morgan fingerprint density at radius 3 is 2.54 bits per heavy atom. The zero-order valence-corrected chi connectivity index (χ0v) is 16.1. The first-order valence-electron chi connectivity index (χ1n) is 9.34. The molecule has 0 aliphatic rings. The molecule has 2 N–H and O–H groups in total. The van der Waals surface area contributed by atoms with E-state index >= 15 is 0 Å². The number of aromatic nitrogens is 2. The van der Waals surface area contributed by atoms with Crippen LogP contribution in [0.3, 0.4) is 0 Å². The molecule has 6 nitrogen and oxygen atoms in total. The van der Waals surface area contributed by atoms with Crippen molar-refractivity contribution < 1.29 is 9.53 Å². The van der Waals surface area contributed by atoms with Crippen LogP contribution in [-0.4, -0.2) is 29.5 Å². The molecule has 0 atom stereocenters. The van der Waals surface area contributed by atoms with Gasteiger partial charge in [-0.05, 0) is 18.6 Å². The van der Waals surface area contributed by atoms with Crippen LogP contribution in [0.2, 0.25) is 0 Å². The van der Waals surface area contributed by atoms with Crippen molar-refractivity contribution in [3.8, 4) is 17.1 Å². The van der Waals surface area contributed by atoms with Gasteiger partial charge in [-0.15, -0.1) is 0 Å². The monoisotopic (exact) mass is 376 g/mol. The van der Waals surface area contributed by atoms with Gasteiger partial charge in [-0.2, -0.15) is 0 Å². The molecule has 0 saturated carbocycles. The highest BCUT2D eigenvalue weighted by molar-refractivity contribution is 5.93. The lowest BCUT2D eigenvalue weighted by Crippen LogP contribution is -2.25. The summed E-state index contributed by atoms with van der Waals surface area (Å²) in [5.74, 6) is 1.49. The lowest BCUT2D eigenvalue weighted by molar-refractivity contribution is 0.0948. The number of amides is 1. The van der Waals surface area contributed by atoms with Gasteiger partial charge < -0.3 is 15.4 Å². The summed E-state index contributed by atoms with van der Waals surface area (Å²) in [6.45, 7) is 2.70. The molecular formula is C22H24N4O2. The zero-order valence-electron chi connectivity index (χ0n) is 16.1. The number of nitrogens with one attached hydrogen (secondary N) is 2. The Morgan fingerprint density at radius 2 is 1.79 bits per heavy atom. The molecule has 1 heterocycles. The number of nitrogens with zero attached hydrogens (tertiary/aromatic N) is 2. The summed E-state index contributed by atoms with van der Waals surface area (Å²) in [6, 6.07) is 18.8. The van der Waals surface area contributed by atoms with E-state index < -0.39 is 0 Å². The van der Waals surface area contributed by atoms with Crippen LogP contribution in [0.5, 0.6) is 5.75 Å². The van der Waals surface area contributed by atoms with E-state index in [0.29, 0.717) is 29.6 Å². The van der Waals surface area contributed by atoms with Crippen LogP contribution in [0.4, 0.5) is 11.5 Å². The van der Waals surface area contributed by atoms with Crippen LogP contribution < -0.4 is 15.4 Å². The fraction of sp³-hybridized carbons (Fsp3) is 0.227. The van der Waals surface area contributed by atoms with Crippen LogP contribution in [0.1, 0.15) is 30.3 Å². The van der Waals surface area contributed by atoms with Gasteiger partial charge in [-0.3, -0.25) is 4.79 Å². The van der Waals surface area contributed by atoms with Gasteiger partial charge in [0.2, 0.25) is 0 Å². The predicted octanol–water partition coefficient (Wildman–Crippen LogP) is 4.43. The second-order valence-corrected chi connectivity index (χ2v) is 6.26. The van der Waals surface area contributed by atoms with Crippen molar-refractivity contribution in [3.63, 3.8) is 0 Å². The van der Waals surface area contributed by atoms with Gasteiger partial charge in [0.15, 0.2) is 5.82 Å². The summed E-state index contributed by atoms with van der Waals surface area (Å²) in [5, 5.41) is 6.15. The maximum Gasteiger partial charge on any atom is 0.270 e. The van der Waals surface area contributed by atoms with Crippen molar-refractivity contribution >= 4 is 17.4 Å². The highest BCUT2D eigenvalue weighted by atomic mass is 16.5. The van der Waals surface area contributed by atoms with Gasteiger partial charge in [-0.1, -0.05) is 55.8 Å². The van der Waals surface area contributed by atoms with E-state index in [9.17, 15) is 4.79 Å². The van der Waals surface area contributed by atoms with E-state index in [0.717, 1.165) is 24.1 Å². The first kappa shape index (κ1) is 19.4. The van der Waals surface area contributed by atoms with Crippen LogP contribution in [-0.2, 0) is 0 Å². The Bertz CT molecular complexity index is 929. The highest BCUT2D eigenvalue weighted by Gasteiger charge is 2.14. The van der Waals surface area contributed by atoms with Crippen LogP contribution in [0.15, 0.2) is 60.7 Å². The summed E-state index contributed by atoms with van der Waals surface area (Å²) >= 11 is 0. The topological polar surface area (TPSA) is 76.1 Å². The molecule has 0 aliphatic heterocycles. The molecule has 0 fully saturated rings. The first-order chi connectivity index (χ1) is 13.7. The van der Waals surface area contributed by atoms with Gasteiger partial charge >= 0.3 is 0 Å². The van der Waals surface area contributed by atoms with E-state index in [1.54, 1.807) is 13.2 Å². The molecule has 0 aliphatic carbocycles. The first-order valence-corrected chi connectivity index (χ1v) is 9.34. The van der Waals surface area contributed by atoms with Crippen LogP contribution in [0, 0.1) is 0 Å². The third-order valence-corrected chi connectivity index (χ3v) is 4.18. The van der Waals surface area contributed by atoms with Crippen molar-refractivity contribution in [1.82, 2.24) is 15.3 Å². The molecule has 0 saturated heterocycles. The number of anilines is 2. The van der Waals surface area contributed by atoms with Gasteiger partial charge in [0.05, 0.1) is 12.8 Å². The number of unbranched alkanes of at least 4 members (excludes halogenated alkanes) is 1. The van der Waals surface area contributed by atoms with E-state index in [2.05, 4.69) is 27.5 Å².